The van der Waals surface area contributed by atoms with E-state index in [4.69, 9.17) is 21.8 Å². The average Bonchev–Trinajstić information content (AvgIpc) is 2.39. The molecule has 0 aliphatic carbocycles. The number of carbonyl (C=O) groups is 1. The van der Waals surface area contributed by atoms with Crippen LogP contribution in [-0.4, -0.2) is 103 Å². The van der Waals surface area contributed by atoms with E-state index in [1.54, 1.807) is 0 Å². The van der Waals surface area contributed by atoms with E-state index < -0.39 is 39.9 Å². The highest BCUT2D eigenvalue weighted by atomic mass is 28.5. The van der Waals surface area contributed by atoms with Crippen LogP contribution in [-0.2, 0) is 26.6 Å². The van der Waals surface area contributed by atoms with E-state index in [0.29, 0.717) is 17.3 Å². The maximum absolute atomic E-state index is 11.5. The lowest BCUT2D eigenvalue weighted by Gasteiger charge is -2.41. The van der Waals surface area contributed by atoms with Crippen LogP contribution < -0.4 is 0 Å². The predicted octanol–water partition coefficient (Wildman–Crippen LogP) is 2.65. The molecule has 0 rings (SSSR count). The molecule has 180 valence electrons. The van der Waals surface area contributed by atoms with E-state index in [9.17, 15) is 9.90 Å². The summed E-state index contributed by atoms with van der Waals surface area (Å²) in [6.07, 6.45) is -0.386. The van der Waals surface area contributed by atoms with Crippen LogP contribution in [0.15, 0.2) is 0 Å². The van der Waals surface area contributed by atoms with Gasteiger partial charge in [0, 0.05) is 0 Å². The van der Waals surface area contributed by atoms with Gasteiger partial charge >= 0.3 is 23.1 Å². The Labute approximate surface area is 188 Å². The van der Waals surface area contributed by atoms with Crippen molar-refractivity contribution in [3.05, 3.63) is 0 Å². The molecule has 0 radical (unpaired) electrons. The van der Waals surface area contributed by atoms with E-state index in [-0.39, 0.29) is 19.1 Å². The summed E-state index contributed by atoms with van der Waals surface area (Å²) in [7, 11) is -3.57. The van der Waals surface area contributed by atoms with Gasteiger partial charge in [0.05, 0.1) is 34.0 Å². The fraction of sp³-hybridized carbons (Fsp3) is 0.944. The maximum Gasteiger partial charge on any atom is 0.361 e. The first-order valence-electron chi connectivity index (χ1n) is 10.4. The standard InChI is InChI=1S/C18H46NO7Si4/c1-19(2,14-18(21)22-3)13-17(20)15-23-16-30(12,25-28(7,8)9)26-29(10,11)24-27(4,5)6/h17,20H,13-16H2,1-12H3/q+1. The van der Waals surface area contributed by atoms with Gasteiger partial charge in [0.1, 0.15) is 12.6 Å². The first-order chi connectivity index (χ1) is 13.2. The maximum atomic E-state index is 11.5. The van der Waals surface area contributed by atoms with Crippen LogP contribution in [0.25, 0.3) is 0 Å². The number of aliphatic hydroxyl groups is 1. The summed E-state index contributed by atoms with van der Waals surface area (Å²) >= 11 is 0. The van der Waals surface area contributed by atoms with Crippen molar-refractivity contribution in [2.24, 2.45) is 0 Å². The average molecular weight is 501 g/mol. The molecule has 12 heteroatoms. The van der Waals surface area contributed by atoms with Crippen molar-refractivity contribution in [1.29, 1.82) is 0 Å². The molecular formula is C18H46NO7Si4+. The third-order valence-corrected chi connectivity index (χ3v) is 16.7. The molecule has 0 aromatic heterocycles. The molecule has 30 heavy (non-hydrogen) atoms. The van der Waals surface area contributed by atoms with Gasteiger partial charge in [-0.2, -0.15) is 0 Å². The van der Waals surface area contributed by atoms with Crippen LogP contribution >= 0.6 is 0 Å². The van der Waals surface area contributed by atoms with Gasteiger partial charge in [0.15, 0.2) is 23.2 Å². The molecular weight excluding hydrogens is 455 g/mol. The van der Waals surface area contributed by atoms with Crippen LogP contribution in [0.5, 0.6) is 0 Å². The number of methoxy groups -OCH3 is 1. The summed E-state index contributed by atoms with van der Waals surface area (Å²) in [4.78, 5) is 11.5. The highest BCUT2D eigenvalue weighted by molar-refractivity contribution is 6.89. The second-order valence-corrected chi connectivity index (χ2v) is 27.3. The second-order valence-electron chi connectivity index (χ2n) is 11.1. The van der Waals surface area contributed by atoms with Gasteiger partial charge in [0.2, 0.25) is 0 Å². The van der Waals surface area contributed by atoms with Crippen LogP contribution in [0.1, 0.15) is 0 Å². The molecule has 0 aromatic rings. The zero-order valence-electron chi connectivity index (χ0n) is 21.2. The summed E-state index contributed by atoms with van der Waals surface area (Å²) in [6, 6.07) is 0. The van der Waals surface area contributed by atoms with Gasteiger partial charge in [-0.15, -0.1) is 0 Å². The molecule has 0 heterocycles. The lowest BCUT2D eigenvalue weighted by molar-refractivity contribution is -0.886. The molecule has 0 amide bonds. The summed E-state index contributed by atoms with van der Waals surface area (Å²) in [5, 5.41) is 10.4. The molecule has 2 unspecified atom stereocenters. The minimum atomic E-state index is -2.67. The Morgan fingerprint density at radius 3 is 1.83 bits per heavy atom. The summed E-state index contributed by atoms with van der Waals surface area (Å²) in [5.41, 5.74) is 0. The van der Waals surface area contributed by atoms with E-state index in [1.165, 1.54) is 7.11 Å². The van der Waals surface area contributed by atoms with Crippen LogP contribution in [0.3, 0.4) is 0 Å². The van der Waals surface area contributed by atoms with Crippen LogP contribution in [0.2, 0.25) is 58.9 Å². The number of nitrogens with zero attached hydrogens (tertiary/aromatic N) is 1. The molecule has 2 atom stereocenters. The molecule has 0 saturated heterocycles. The van der Waals surface area contributed by atoms with Crippen molar-refractivity contribution < 1.29 is 36.2 Å². The lowest BCUT2D eigenvalue weighted by Crippen LogP contribution is -2.59. The molecule has 0 saturated carbocycles. The van der Waals surface area contributed by atoms with Crippen molar-refractivity contribution in [3.63, 3.8) is 0 Å². The minimum absolute atomic E-state index is 0.153. The van der Waals surface area contributed by atoms with Crippen molar-refractivity contribution in [2.45, 2.75) is 65.0 Å². The van der Waals surface area contributed by atoms with E-state index in [1.807, 2.05) is 20.6 Å². The van der Waals surface area contributed by atoms with E-state index in [0.717, 1.165) is 0 Å². The first-order valence-corrected chi connectivity index (χ1v) is 22.6. The topological polar surface area (TPSA) is 83.5 Å². The first kappa shape index (κ1) is 30.1. The van der Waals surface area contributed by atoms with Gasteiger partial charge in [-0.3, -0.25) is 0 Å². The number of hydrogen-bond acceptors (Lipinski definition) is 7. The molecule has 0 bridgehead atoms. The summed E-state index contributed by atoms with van der Waals surface area (Å²) in [5.74, 6) is -0.306. The van der Waals surface area contributed by atoms with Gasteiger partial charge in [-0.05, 0) is 58.9 Å². The smallest absolute Gasteiger partial charge is 0.361 e. The Bertz CT molecular complexity index is 550. The molecule has 0 spiro atoms. The van der Waals surface area contributed by atoms with Gasteiger partial charge < -0.3 is 31.4 Å². The zero-order valence-corrected chi connectivity index (χ0v) is 25.2. The molecule has 8 nitrogen and oxygen atoms in total. The molecule has 0 aliphatic heterocycles. The quantitative estimate of drug-likeness (QED) is 0.223. The van der Waals surface area contributed by atoms with Gasteiger partial charge in [-0.1, -0.05) is 0 Å². The normalized spacial score (nSPS) is 16.8. The summed E-state index contributed by atoms with van der Waals surface area (Å²) in [6.45, 7) is 19.7. The zero-order chi connectivity index (χ0) is 24.0. The largest absolute Gasteiger partial charge is 0.465 e. The molecule has 1 N–H and O–H groups in total. The SMILES string of the molecule is COC(=O)C[N+](C)(C)CC(O)COC[Si](C)(O[Si](C)(C)C)O[Si](C)(C)O[Si](C)(C)C. The molecule has 0 aliphatic rings. The second kappa shape index (κ2) is 11.3. The highest BCUT2D eigenvalue weighted by Crippen LogP contribution is 2.24. The predicted molar refractivity (Wildman–Crippen MR) is 130 cm³/mol. The number of aliphatic hydroxyl groups excluding tert-OH is 1. The number of likely N-dealkylation sites (N-methyl/N-ethyl adjacent to an activating group) is 1. The third kappa shape index (κ3) is 15.0. The Morgan fingerprint density at radius 1 is 0.900 bits per heavy atom. The van der Waals surface area contributed by atoms with Crippen molar-refractivity contribution >= 4 is 39.7 Å². The van der Waals surface area contributed by atoms with Gasteiger partial charge in [0.25, 0.3) is 0 Å². The summed E-state index contributed by atoms with van der Waals surface area (Å²) < 4.78 is 30.3. The highest BCUT2D eigenvalue weighted by Gasteiger charge is 2.45. The Balaban J connectivity index is 5.01. The molecule has 0 fully saturated rings. The number of quaternary nitrogens is 1. The van der Waals surface area contributed by atoms with Crippen molar-refractivity contribution in [3.8, 4) is 0 Å². The number of carbonyl (C=O) groups excluding carboxylic acids is 1. The third-order valence-electron chi connectivity index (χ3n) is 3.70. The monoisotopic (exact) mass is 500 g/mol. The van der Waals surface area contributed by atoms with Crippen molar-refractivity contribution in [1.82, 2.24) is 0 Å². The Morgan fingerprint density at radius 2 is 1.40 bits per heavy atom. The number of esters is 1. The van der Waals surface area contributed by atoms with Crippen molar-refractivity contribution in [2.75, 3.05) is 47.1 Å². The van der Waals surface area contributed by atoms with Crippen LogP contribution in [0.4, 0.5) is 0 Å². The van der Waals surface area contributed by atoms with E-state index in [2.05, 4.69) is 52.4 Å². The van der Waals surface area contributed by atoms with Crippen LogP contribution in [0, 0.1) is 0 Å². The molecule has 0 aromatic carbocycles. The number of rotatable bonds is 14. The fourth-order valence-electron chi connectivity index (χ4n) is 3.49. The Hall–Kier alpha value is 0.0975. The fourth-order valence-corrected chi connectivity index (χ4v) is 20.8. The lowest BCUT2D eigenvalue weighted by atomic mass is 10.3. The minimum Gasteiger partial charge on any atom is -0.465 e. The number of ether oxygens (including phenoxy) is 2. The van der Waals surface area contributed by atoms with E-state index >= 15 is 0 Å². The number of hydrogen-bond donors (Lipinski definition) is 1. The van der Waals surface area contributed by atoms with Gasteiger partial charge in [-0.25, -0.2) is 4.79 Å². The Kier molecular flexibility index (Phi) is 11.3.